The van der Waals surface area contributed by atoms with E-state index in [1.54, 1.807) is 12.1 Å². The summed E-state index contributed by atoms with van der Waals surface area (Å²) in [5.41, 5.74) is 2.10. The second-order valence-electron chi connectivity index (χ2n) is 6.56. The SMILES string of the molecule is O=C(OCc1ccccc1)[C@@H](O)Cc1ccc(C2CCOCC2)c(F)c1. The number of ether oxygens (including phenoxy) is 2. The third kappa shape index (κ3) is 4.90. The molecule has 3 rings (SSSR count). The van der Waals surface area contributed by atoms with Crippen LogP contribution in [0.15, 0.2) is 48.5 Å². The first kappa shape index (κ1) is 18.5. The molecule has 0 aromatic heterocycles. The van der Waals surface area contributed by atoms with Gasteiger partial charge in [0.1, 0.15) is 12.4 Å². The molecule has 2 aromatic rings. The van der Waals surface area contributed by atoms with Crippen molar-refractivity contribution in [3.8, 4) is 0 Å². The minimum Gasteiger partial charge on any atom is -0.459 e. The van der Waals surface area contributed by atoms with Gasteiger partial charge < -0.3 is 14.6 Å². The lowest BCUT2D eigenvalue weighted by molar-refractivity contribution is -0.154. The Morgan fingerprint density at radius 2 is 1.88 bits per heavy atom. The Morgan fingerprint density at radius 3 is 2.58 bits per heavy atom. The molecule has 1 aliphatic heterocycles. The number of halogens is 1. The van der Waals surface area contributed by atoms with Gasteiger partial charge in [0, 0.05) is 19.6 Å². The number of aliphatic hydroxyl groups excluding tert-OH is 1. The number of aliphatic hydroxyl groups is 1. The Bertz CT molecular complexity index is 726. The van der Waals surface area contributed by atoms with Crippen LogP contribution in [0.2, 0.25) is 0 Å². The lowest BCUT2D eigenvalue weighted by atomic mass is 9.90. The molecule has 1 N–H and O–H groups in total. The van der Waals surface area contributed by atoms with Crippen LogP contribution >= 0.6 is 0 Å². The van der Waals surface area contributed by atoms with Crippen LogP contribution in [-0.2, 0) is 27.3 Å². The summed E-state index contributed by atoms with van der Waals surface area (Å²) in [6.07, 6.45) is 0.334. The van der Waals surface area contributed by atoms with Gasteiger partial charge in [0.15, 0.2) is 6.10 Å². The highest BCUT2D eigenvalue weighted by molar-refractivity contribution is 5.74. The third-order valence-corrected chi connectivity index (χ3v) is 4.65. The summed E-state index contributed by atoms with van der Waals surface area (Å²) in [7, 11) is 0. The number of hydrogen-bond acceptors (Lipinski definition) is 4. The molecule has 26 heavy (non-hydrogen) atoms. The highest BCUT2D eigenvalue weighted by Crippen LogP contribution is 2.29. The highest BCUT2D eigenvalue weighted by atomic mass is 19.1. The van der Waals surface area contributed by atoms with Gasteiger partial charge in [-0.2, -0.15) is 0 Å². The molecule has 0 aliphatic carbocycles. The number of benzene rings is 2. The van der Waals surface area contributed by atoms with Gasteiger partial charge in [-0.15, -0.1) is 0 Å². The predicted octanol–water partition coefficient (Wildman–Crippen LogP) is 3.37. The van der Waals surface area contributed by atoms with Crippen molar-refractivity contribution in [2.75, 3.05) is 13.2 Å². The van der Waals surface area contributed by atoms with E-state index in [4.69, 9.17) is 9.47 Å². The minimum absolute atomic E-state index is 0.0264. The molecule has 0 spiro atoms. The number of carbonyl (C=O) groups is 1. The van der Waals surface area contributed by atoms with Crippen LogP contribution in [0.4, 0.5) is 4.39 Å². The van der Waals surface area contributed by atoms with Gasteiger partial charge in [-0.3, -0.25) is 0 Å². The monoisotopic (exact) mass is 358 g/mol. The van der Waals surface area contributed by atoms with E-state index >= 15 is 0 Å². The van der Waals surface area contributed by atoms with Crippen molar-refractivity contribution in [2.45, 2.75) is 37.9 Å². The van der Waals surface area contributed by atoms with E-state index in [2.05, 4.69) is 0 Å². The van der Waals surface area contributed by atoms with Crippen LogP contribution < -0.4 is 0 Å². The molecule has 1 saturated heterocycles. The van der Waals surface area contributed by atoms with Gasteiger partial charge in [0.05, 0.1) is 0 Å². The van der Waals surface area contributed by atoms with Gasteiger partial charge in [-0.25, -0.2) is 9.18 Å². The van der Waals surface area contributed by atoms with Crippen LogP contribution in [0.5, 0.6) is 0 Å². The van der Waals surface area contributed by atoms with E-state index < -0.39 is 12.1 Å². The molecule has 0 radical (unpaired) electrons. The maximum Gasteiger partial charge on any atom is 0.335 e. The molecule has 1 fully saturated rings. The summed E-state index contributed by atoms with van der Waals surface area (Å²) in [4.78, 5) is 11.9. The molecule has 4 nitrogen and oxygen atoms in total. The van der Waals surface area contributed by atoms with Crippen molar-refractivity contribution < 1.29 is 23.8 Å². The molecule has 1 atom stereocenters. The minimum atomic E-state index is -1.31. The predicted molar refractivity (Wildman–Crippen MR) is 95.1 cm³/mol. The molecule has 2 aromatic carbocycles. The third-order valence-electron chi connectivity index (χ3n) is 4.65. The molecular weight excluding hydrogens is 335 g/mol. The van der Waals surface area contributed by atoms with Gasteiger partial charge >= 0.3 is 5.97 Å². The molecule has 0 bridgehead atoms. The van der Waals surface area contributed by atoms with E-state index in [1.807, 2.05) is 30.3 Å². The largest absolute Gasteiger partial charge is 0.459 e. The van der Waals surface area contributed by atoms with Crippen LogP contribution in [0, 0.1) is 5.82 Å². The van der Waals surface area contributed by atoms with Crippen molar-refractivity contribution in [1.29, 1.82) is 0 Å². The summed E-state index contributed by atoms with van der Waals surface area (Å²) in [5, 5.41) is 10.0. The Hall–Kier alpha value is -2.24. The normalized spacial score (nSPS) is 16.2. The van der Waals surface area contributed by atoms with E-state index in [-0.39, 0.29) is 24.8 Å². The van der Waals surface area contributed by atoms with Gasteiger partial charge in [-0.05, 0) is 41.5 Å². The first-order valence-corrected chi connectivity index (χ1v) is 8.88. The first-order chi connectivity index (χ1) is 12.6. The van der Waals surface area contributed by atoms with E-state index in [0.717, 1.165) is 18.4 Å². The van der Waals surface area contributed by atoms with E-state index in [0.29, 0.717) is 24.3 Å². The summed E-state index contributed by atoms with van der Waals surface area (Å²) < 4.78 is 24.8. The van der Waals surface area contributed by atoms with Crippen molar-refractivity contribution >= 4 is 5.97 Å². The molecule has 0 unspecified atom stereocenters. The molecule has 0 saturated carbocycles. The second-order valence-corrected chi connectivity index (χ2v) is 6.56. The van der Waals surface area contributed by atoms with Gasteiger partial charge in [0.2, 0.25) is 0 Å². The standard InChI is InChI=1S/C21H23FO4/c22-19-12-16(6-7-18(19)17-8-10-25-11-9-17)13-20(23)21(24)26-14-15-4-2-1-3-5-15/h1-7,12,17,20,23H,8-11,13-14H2/t20-/m0/s1. The molecule has 1 heterocycles. The summed E-state index contributed by atoms with van der Waals surface area (Å²) >= 11 is 0. The van der Waals surface area contributed by atoms with Crippen LogP contribution in [0.25, 0.3) is 0 Å². The van der Waals surface area contributed by atoms with Crippen LogP contribution in [0.3, 0.4) is 0 Å². The van der Waals surface area contributed by atoms with Crippen molar-refractivity contribution in [3.63, 3.8) is 0 Å². The summed E-state index contributed by atoms with van der Waals surface area (Å²) in [5.74, 6) is -0.833. The molecule has 5 heteroatoms. The Morgan fingerprint density at radius 1 is 1.15 bits per heavy atom. The number of esters is 1. The Labute approximate surface area is 152 Å². The quantitative estimate of drug-likeness (QED) is 0.805. The molecular formula is C21H23FO4. The lowest BCUT2D eigenvalue weighted by Gasteiger charge is -2.23. The molecule has 0 amide bonds. The summed E-state index contributed by atoms with van der Waals surface area (Å²) in [6.45, 7) is 1.41. The van der Waals surface area contributed by atoms with Crippen LogP contribution in [0.1, 0.15) is 35.4 Å². The van der Waals surface area contributed by atoms with Crippen LogP contribution in [-0.4, -0.2) is 30.4 Å². The first-order valence-electron chi connectivity index (χ1n) is 8.88. The molecule has 138 valence electrons. The van der Waals surface area contributed by atoms with Crippen molar-refractivity contribution in [2.24, 2.45) is 0 Å². The number of hydrogen-bond donors (Lipinski definition) is 1. The molecule has 1 aliphatic rings. The summed E-state index contributed by atoms with van der Waals surface area (Å²) in [6, 6.07) is 14.2. The zero-order valence-electron chi connectivity index (χ0n) is 14.6. The Kier molecular flexibility index (Phi) is 6.36. The fourth-order valence-electron chi connectivity index (χ4n) is 3.17. The lowest BCUT2D eigenvalue weighted by Crippen LogP contribution is -2.25. The van der Waals surface area contributed by atoms with Crippen molar-refractivity contribution in [1.82, 2.24) is 0 Å². The zero-order valence-corrected chi connectivity index (χ0v) is 14.6. The highest BCUT2D eigenvalue weighted by Gasteiger charge is 2.21. The fraction of sp³-hybridized carbons (Fsp3) is 0.381. The number of carbonyl (C=O) groups excluding carboxylic acids is 1. The average Bonchev–Trinajstić information content (AvgIpc) is 2.67. The maximum absolute atomic E-state index is 14.4. The second kappa shape index (κ2) is 8.92. The topological polar surface area (TPSA) is 55.8 Å². The van der Waals surface area contributed by atoms with E-state index in [1.165, 1.54) is 6.07 Å². The smallest absolute Gasteiger partial charge is 0.335 e. The number of rotatable bonds is 6. The zero-order chi connectivity index (χ0) is 18.4. The maximum atomic E-state index is 14.4. The fourth-order valence-corrected chi connectivity index (χ4v) is 3.17. The van der Waals surface area contributed by atoms with Gasteiger partial charge in [0.25, 0.3) is 0 Å². The Balaban J connectivity index is 1.55. The van der Waals surface area contributed by atoms with E-state index in [9.17, 15) is 14.3 Å². The van der Waals surface area contributed by atoms with Gasteiger partial charge in [-0.1, -0.05) is 42.5 Å². The average molecular weight is 358 g/mol. The van der Waals surface area contributed by atoms with Crippen molar-refractivity contribution in [3.05, 3.63) is 71.0 Å².